The molecule has 0 spiro atoms. The monoisotopic (exact) mass is 600 g/mol. The van der Waals surface area contributed by atoms with Gasteiger partial charge in [0.2, 0.25) is 11.8 Å². The van der Waals surface area contributed by atoms with E-state index in [4.69, 9.17) is 4.74 Å². The van der Waals surface area contributed by atoms with Crippen molar-refractivity contribution in [2.75, 3.05) is 31.1 Å². The first-order valence-corrected chi connectivity index (χ1v) is 17.3. The van der Waals surface area contributed by atoms with Crippen LogP contribution in [-0.4, -0.2) is 82.6 Å². The summed E-state index contributed by atoms with van der Waals surface area (Å²) in [5.74, 6) is 1.89. The number of carbonyl (C=O) groups is 3. The average molecular weight is 601 g/mol. The number of nitrogens with one attached hydrogen (secondary N) is 2. The highest BCUT2D eigenvalue weighted by atomic mass is 32.2. The quantitative estimate of drug-likeness (QED) is 0.376. The van der Waals surface area contributed by atoms with Crippen LogP contribution >= 0.6 is 11.8 Å². The number of piperidine rings is 2. The molecule has 8 nitrogen and oxygen atoms in total. The number of nitrogens with zero attached hydrogens (tertiary/aromatic N) is 2. The third-order valence-electron chi connectivity index (χ3n) is 8.61. The molecular formula is C33H52N4O4S. The molecule has 3 fully saturated rings. The van der Waals surface area contributed by atoms with E-state index in [-0.39, 0.29) is 17.9 Å². The van der Waals surface area contributed by atoms with Crippen LogP contribution in [0, 0.1) is 5.92 Å². The fraction of sp³-hybridized carbons (Fsp3) is 0.727. The zero-order chi connectivity index (χ0) is 30.0. The first-order valence-electron chi connectivity index (χ1n) is 16.1. The lowest BCUT2D eigenvalue weighted by Crippen LogP contribution is -2.58. The van der Waals surface area contributed by atoms with Crippen LogP contribution in [0.5, 0.6) is 0 Å². The predicted molar refractivity (Wildman–Crippen MR) is 169 cm³/mol. The van der Waals surface area contributed by atoms with E-state index in [9.17, 15) is 14.4 Å². The van der Waals surface area contributed by atoms with Gasteiger partial charge in [-0.05, 0) is 83.0 Å². The predicted octanol–water partition coefficient (Wildman–Crippen LogP) is 5.36. The van der Waals surface area contributed by atoms with E-state index in [1.54, 1.807) is 16.7 Å². The van der Waals surface area contributed by atoms with Gasteiger partial charge >= 0.3 is 6.09 Å². The largest absolute Gasteiger partial charge is 0.444 e. The smallest absolute Gasteiger partial charge is 0.410 e. The number of thioether (sulfide) groups is 1. The molecule has 3 amide bonds. The third kappa shape index (κ3) is 10.5. The molecule has 2 aliphatic heterocycles. The number of rotatable bonds is 10. The van der Waals surface area contributed by atoms with Gasteiger partial charge in [0, 0.05) is 38.0 Å². The molecule has 42 heavy (non-hydrogen) atoms. The third-order valence-corrected chi connectivity index (χ3v) is 9.89. The van der Waals surface area contributed by atoms with Crippen molar-refractivity contribution in [3.8, 4) is 0 Å². The fourth-order valence-corrected chi connectivity index (χ4v) is 7.55. The maximum atomic E-state index is 13.6. The lowest BCUT2D eigenvalue weighted by molar-refractivity contribution is -0.132. The molecule has 0 unspecified atom stereocenters. The van der Waals surface area contributed by atoms with Crippen molar-refractivity contribution in [1.29, 1.82) is 0 Å². The van der Waals surface area contributed by atoms with Crippen LogP contribution in [0.2, 0.25) is 0 Å². The Morgan fingerprint density at radius 2 is 1.62 bits per heavy atom. The first kappa shape index (κ1) is 32.6. The second kappa shape index (κ2) is 16.0. The molecule has 1 saturated carbocycles. The minimum absolute atomic E-state index is 0.0974. The molecule has 2 heterocycles. The molecule has 3 aliphatic rings. The molecular weight excluding hydrogens is 548 g/mol. The van der Waals surface area contributed by atoms with Gasteiger partial charge in [0.25, 0.3) is 0 Å². The van der Waals surface area contributed by atoms with E-state index in [0.717, 1.165) is 51.1 Å². The van der Waals surface area contributed by atoms with Crippen LogP contribution in [0.3, 0.4) is 0 Å². The zero-order valence-electron chi connectivity index (χ0n) is 25.9. The number of amides is 3. The Hall–Kier alpha value is -2.26. The lowest BCUT2D eigenvalue weighted by atomic mass is 9.91. The molecule has 2 N–H and O–H groups in total. The average Bonchev–Trinajstić information content (AvgIpc) is 2.98. The van der Waals surface area contributed by atoms with E-state index in [1.165, 1.54) is 37.7 Å². The Morgan fingerprint density at radius 3 is 2.31 bits per heavy atom. The van der Waals surface area contributed by atoms with E-state index < -0.39 is 23.8 Å². The van der Waals surface area contributed by atoms with Gasteiger partial charge in [-0.15, -0.1) is 0 Å². The lowest BCUT2D eigenvalue weighted by Gasteiger charge is -2.36. The standard InChI is InChI=1S/C33H52N4O4S/c1-33(2,3)41-32(40)37-19-11-10-16-29(37)31(39)35-28(24-42-23-26-14-8-5-9-15-26)30(38)34-27-17-20-36(21-18-27)22-25-12-6-4-7-13-25/h4,6-7,12-13,26-29H,5,8-11,14-24H2,1-3H3,(H,34,38)(H,35,39)/t28-,29-/m0/s1. The summed E-state index contributed by atoms with van der Waals surface area (Å²) in [5, 5.41) is 6.34. The number of hydrogen-bond acceptors (Lipinski definition) is 6. The topological polar surface area (TPSA) is 91.0 Å². The second-order valence-corrected chi connectivity index (χ2v) is 14.4. The van der Waals surface area contributed by atoms with Gasteiger partial charge in [0.1, 0.15) is 17.7 Å². The fourth-order valence-electron chi connectivity index (χ4n) is 6.28. The van der Waals surface area contributed by atoms with Gasteiger partial charge in [-0.2, -0.15) is 11.8 Å². The van der Waals surface area contributed by atoms with Crippen molar-refractivity contribution in [1.82, 2.24) is 20.4 Å². The molecule has 2 atom stereocenters. The maximum absolute atomic E-state index is 13.6. The Kier molecular flexibility index (Phi) is 12.4. The van der Waals surface area contributed by atoms with Crippen LogP contribution in [0.15, 0.2) is 30.3 Å². The molecule has 9 heteroatoms. The first-order chi connectivity index (χ1) is 20.2. The Morgan fingerprint density at radius 1 is 0.929 bits per heavy atom. The molecule has 0 aromatic heterocycles. The number of hydrogen-bond donors (Lipinski definition) is 2. The van der Waals surface area contributed by atoms with Crippen molar-refractivity contribution in [2.24, 2.45) is 5.92 Å². The van der Waals surface area contributed by atoms with E-state index >= 15 is 0 Å². The molecule has 0 radical (unpaired) electrons. The van der Waals surface area contributed by atoms with Crippen LogP contribution in [0.4, 0.5) is 4.79 Å². The molecule has 1 aromatic carbocycles. The van der Waals surface area contributed by atoms with Gasteiger partial charge < -0.3 is 15.4 Å². The maximum Gasteiger partial charge on any atom is 0.410 e. The molecule has 1 aromatic rings. The Labute approximate surface area is 257 Å². The van der Waals surface area contributed by atoms with Crippen LogP contribution < -0.4 is 10.6 Å². The normalized spacial score (nSPS) is 21.9. The minimum atomic E-state index is -0.635. The molecule has 234 valence electrons. The summed E-state index contributed by atoms with van der Waals surface area (Å²) in [5.41, 5.74) is 0.672. The number of carbonyl (C=O) groups excluding carboxylic acids is 3. The van der Waals surface area contributed by atoms with Gasteiger partial charge in [0.15, 0.2) is 0 Å². The van der Waals surface area contributed by atoms with Gasteiger partial charge in [-0.25, -0.2) is 4.79 Å². The summed E-state index contributed by atoms with van der Waals surface area (Å²) in [4.78, 5) is 44.2. The molecule has 4 rings (SSSR count). The highest BCUT2D eigenvalue weighted by Crippen LogP contribution is 2.27. The van der Waals surface area contributed by atoms with Gasteiger partial charge in [-0.1, -0.05) is 49.6 Å². The van der Waals surface area contributed by atoms with E-state index in [0.29, 0.717) is 24.6 Å². The molecule has 0 bridgehead atoms. The van der Waals surface area contributed by atoms with Crippen molar-refractivity contribution in [3.05, 3.63) is 35.9 Å². The minimum Gasteiger partial charge on any atom is -0.444 e. The summed E-state index contributed by atoms with van der Waals surface area (Å²) in [6.45, 7) is 8.77. The second-order valence-electron chi connectivity index (χ2n) is 13.3. The number of ether oxygens (including phenoxy) is 1. The number of likely N-dealkylation sites (tertiary alicyclic amines) is 2. The molecule has 2 saturated heterocycles. The van der Waals surface area contributed by atoms with Crippen LogP contribution in [0.25, 0.3) is 0 Å². The SMILES string of the molecule is CC(C)(C)OC(=O)N1CCCC[C@H]1C(=O)N[C@@H](CSCC1CCCCC1)C(=O)NC1CCN(Cc2ccccc2)CC1. The summed E-state index contributed by atoms with van der Waals surface area (Å²) in [6, 6.07) is 9.35. The number of benzene rings is 1. The van der Waals surface area contributed by atoms with Gasteiger partial charge in [0.05, 0.1) is 0 Å². The van der Waals surface area contributed by atoms with E-state index in [1.807, 2.05) is 26.8 Å². The van der Waals surface area contributed by atoms with Crippen molar-refractivity contribution >= 4 is 29.7 Å². The van der Waals surface area contributed by atoms with Crippen molar-refractivity contribution in [2.45, 2.75) is 115 Å². The summed E-state index contributed by atoms with van der Waals surface area (Å²) < 4.78 is 5.61. The summed E-state index contributed by atoms with van der Waals surface area (Å²) in [6.07, 6.45) is 10.0. The van der Waals surface area contributed by atoms with E-state index in [2.05, 4.69) is 39.8 Å². The highest BCUT2D eigenvalue weighted by molar-refractivity contribution is 7.99. The van der Waals surface area contributed by atoms with Gasteiger partial charge in [-0.3, -0.25) is 19.4 Å². The summed E-state index contributed by atoms with van der Waals surface area (Å²) in [7, 11) is 0. The van der Waals surface area contributed by atoms with Crippen LogP contribution in [0.1, 0.15) is 90.5 Å². The molecule has 1 aliphatic carbocycles. The van der Waals surface area contributed by atoms with Crippen molar-refractivity contribution < 1.29 is 19.1 Å². The zero-order valence-corrected chi connectivity index (χ0v) is 26.8. The Bertz CT molecular complexity index is 1000. The summed E-state index contributed by atoms with van der Waals surface area (Å²) >= 11 is 1.77. The highest BCUT2D eigenvalue weighted by Gasteiger charge is 2.37. The van der Waals surface area contributed by atoms with Crippen molar-refractivity contribution in [3.63, 3.8) is 0 Å². The van der Waals surface area contributed by atoms with Crippen LogP contribution in [-0.2, 0) is 20.9 Å². The Balaban J connectivity index is 1.34.